The van der Waals surface area contributed by atoms with Crippen molar-refractivity contribution in [3.05, 3.63) is 66.0 Å². The fourth-order valence-electron chi connectivity index (χ4n) is 1.69. The molecule has 0 N–H and O–H groups in total. The molecule has 0 saturated carbocycles. The van der Waals surface area contributed by atoms with Gasteiger partial charge in [0.25, 0.3) is 11.4 Å². The quantitative estimate of drug-likeness (QED) is 0.457. The Balaban J connectivity index is 2.74. The van der Waals surface area contributed by atoms with Crippen molar-refractivity contribution < 1.29 is 14.2 Å². The summed E-state index contributed by atoms with van der Waals surface area (Å²) in [6, 6.07) is 8.31. The second kappa shape index (κ2) is 5.49. The topological polar surface area (TPSA) is 86.3 Å². The zero-order valence-electron chi connectivity index (χ0n) is 9.67. The van der Waals surface area contributed by atoms with Gasteiger partial charge in [0.15, 0.2) is 0 Å². The minimum atomic E-state index is -0.773. The predicted octanol–water partition coefficient (Wildman–Crippen LogP) is 3.71. The van der Waals surface area contributed by atoms with Crippen LogP contribution in [0.25, 0.3) is 11.1 Å². The van der Waals surface area contributed by atoms with Gasteiger partial charge in [-0.1, -0.05) is 6.07 Å². The molecule has 0 aliphatic rings. The van der Waals surface area contributed by atoms with E-state index in [0.717, 1.165) is 18.2 Å². The number of benzene rings is 2. The average Bonchev–Trinajstić information content (AvgIpc) is 2.38. The van der Waals surface area contributed by atoms with E-state index in [1.807, 2.05) is 0 Å². The Bertz CT molecular complexity index is 700. The van der Waals surface area contributed by atoms with Crippen molar-refractivity contribution in [1.29, 1.82) is 0 Å². The van der Waals surface area contributed by atoms with Crippen molar-refractivity contribution in [3.8, 4) is 11.1 Å². The van der Waals surface area contributed by atoms with Crippen LogP contribution < -0.4 is 0 Å². The molecule has 0 amide bonds. The van der Waals surface area contributed by atoms with E-state index in [-0.39, 0.29) is 11.1 Å². The highest BCUT2D eigenvalue weighted by Crippen LogP contribution is 2.36. The molecule has 101 valence electrons. The molecule has 0 spiro atoms. The Labute approximate surface area is 125 Å². The third-order valence-corrected chi connectivity index (χ3v) is 3.41. The molecule has 2 aromatic carbocycles. The fourth-order valence-corrected chi connectivity index (χ4v) is 2.42. The highest BCUT2D eigenvalue weighted by atomic mass is 127. The lowest BCUT2D eigenvalue weighted by atomic mass is 10.0. The van der Waals surface area contributed by atoms with Crippen LogP contribution in [0.1, 0.15) is 0 Å². The van der Waals surface area contributed by atoms with Crippen LogP contribution in [0.5, 0.6) is 0 Å². The van der Waals surface area contributed by atoms with Crippen LogP contribution in [0, 0.1) is 35.7 Å². The molecule has 0 heterocycles. The monoisotopic (exact) mass is 387 g/mol. The number of nitrogens with zero attached hydrogens (tertiary/aromatic N) is 2. The Hall–Kier alpha value is -2.10. The Morgan fingerprint density at radius 3 is 2.40 bits per heavy atom. The number of rotatable bonds is 3. The van der Waals surface area contributed by atoms with Gasteiger partial charge in [-0.25, -0.2) is 4.39 Å². The number of nitro benzene ring substituents is 2. The predicted molar refractivity (Wildman–Crippen MR) is 76.7 cm³/mol. The third-order valence-electron chi connectivity index (χ3n) is 2.56. The van der Waals surface area contributed by atoms with Crippen LogP contribution in [-0.2, 0) is 0 Å². The van der Waals surface area contributed by atoms with Gasteiger partial charge in [0.1, 0.15) is 5.82 Å². The van der Waals surface area contributed by atoms with Crippen molar-refractivity contribution in [2.24, 2.45) is 0 Å². The largest absolute Gasteiger partial charge is 0.284 e. The van der Waals surface area contributed by atoms with E-state index in [1.165, 1.54) is 12.1 Å². The number of hydrogen-bond acceptors (Lipinski definition) is 4. The van der Waals surface area contributed by atoms with Gasteiger partial charge in [-0.2, -0.15) is 0 Å². The van der Waals surface area contributed by atoms with E-state index in [4.69, 9.17) is 0 Å². The van der Waals surface area contributed by atoms with E-state index in [9.17, 15) is 24.6 Å². The number of non-ortho nitro benzene ring substituents is 1. The normalized spacial score (nSPS) is 10.3. The highest BCUT2D eigenvalue weighted by molar-refractivity contribution is 14.1. The highest BCUT2D eigenvalue weighted by Gasteiger charge is 2.23. The van der Waals surface area contributed by atoms with Crippen LogP contribution in [0.2, 0.25) is 0 Å². The Kier molecular flexibility index (Phi) is 3.93. The molecule has 0 fully saturated rings. The molecule has 0 unspecified atom stereocenters. The van der Waals surface area contributed by atoms with E-state index < -0.39 is 27.0 Å². The number of hydrogen-bond donors (Lipinski definition) is 0. The first kappa shape index (κ1) is 14.3. The summed E-state index contributed by atoms with van der Waals surface area (Å²) in [5.41, 5.74) is -0.944. The molecular formula is C12H5FIN2O4. The van der Waals surface area contributed by atoms with Crippen LogP contribution in [0.3, 0.4) is 0 Å². The van der Waals surface area contributed by atoms with Crippen molar-refractivity contribution in [2.75, 3.05) is 0 Å². The third kappa shape index (κ3) is 2.59. The Morgan fingerprint density at radius 1 is 1.15 bits per heavy atom. The molecule has 2 rings (SSSR count). The smallest absolute Gasteiger partial charge is 0.258 e. The van der Waals surface area contributed by atoms with Gasteiger partial charge in [-0.05, 0) is 40.8 Å². The molecule has 0 bridgehead atoms. The van der Waals surface area contributed by atoms with Gasteiger partial charge in [0.05, 0.1) is 21.5 Å². The molecule has 8 heteroatoms. The van der Waals surface area contributed by atoms with Gasteiger partial charge in [-0.3, -0.25) is 20.2 Å². The van der Waals surface area contributed by atoms with Gasteiger partial charge < -0.3 is 0 Å². The summed E-state index contributed by atoms with van der Waals surface area (Å²) in [6.45, 7) is 0. The van der Waals surface area contributed by atoms with Crippen LogP contribution >= 0.6 is 22.6 Å². The second-order valence-electron chi connectivity index (χ2n) is 3.73. The van der Waals surface area contributed by atoms with Gasteiger partial charge in [-0.15, -0.1) is 0 Å². The van der Waals surface area contributed by atoms with Gasteiger partial charge in [0.2, 0.25) is 0 Å². The lowest BCUT2D eigenvalue weighted by molar-refractivity contribution is -0.393. The standard InChI is InChI=1S/C12H5FIN2O4/c13-9-2-1-3-10(14)12(9)8-5-4-7(15(17)18)6-11(8)16(19)20/h1-2,4-6H. The summed E-state index contributed by atoms with van der Waals surface area (Å²) < 4.78 is 14.2. The molecule has 0 aliphatic carbocycles. The molecule has 6 nitrogen and oxygen atoms in total. The van der Waals surface area contributed by atoms with E-state index in [0.29, 0.717) is 3.57 Å². The summed E-state index contributed by atoms with van der Waals surface area (Å²) >= 11 is 1.80. The zero-order valence-corrected chi connectivity index (χ0v) is 11.8. The summed E-state index contributed by atoms with van der Waals surface area (Å²) in [5, 5.41) is 21.7. The van der Waals surface area contributed by atoms with Crippen molar-refractivity contribution in [3.63, 3.8) is 0 Å². The first-order chi connectivity index (χ1) is 9.41. The van der Waals surface area contributed by atoms with Crippen LogP contribution in [0.15, 0.2) is 30.3 Å². The average molecular weight is 387 g/mol. The van der Waals surface area contributed by atoms with E-state index >= 15 is 0 Å². The lowest BCUT2D eigenvalue weighted by Crippen LogP contribution is -1.97. The maximum absolute atomic E-state index is 13.9. The van der Waals surface area contributed by atoms with Crippen LogP contribution in [0.4, 0.5) is 15.8 Å². The molecule has 0 saturated heterocycles. The zero-order chi connectivity index (χ0) is 14.9. The maximum atomic E-state index is 13.9. The molecule has 0 aromatic heterocycles. The summed E-state index contributed by atoms with van der Waals surface area (Å²) in [7, 11) is 0. The first-order valence-electron chi connectivity index (χ1n) is 5.20. The lowest BCUT2D eigenvalue weighted by Gasteiger charge is -2.06. The number of halogens is 2. The summed E-state index contributed by atoms with van der Waals surface area (Å²) in [4.78, 5) is 20.2. The number of nitro groups is 2. The molecule has 1 radical (unpaired) electrons. The SMILES string of the molecule is O=[N+]([O-])c1ccc(-c2c(I)[c]ccc2F)c([N+](=O)[O-])c1. The fraction of sp³-hybridized carbons (Fsp3) is 0. The van der Waals surface area contributed by atoms with Gasteiger partial charge in [0, 0.05) is 15.2 Å². The minimum Gasteiger partial charge on any atom is -0.258 e. The molecule has 0 atom stereocenters. The van der Waals surface area contributed by atoms with Crippen molar-refractivity contribution >= 4 is 34.0 Å². The summed E-state index contributed by atoms with van der Waals surface area (Å²) in [6.07, 6.45) is 0. The van der Waals surface area contributed by atoms with Crippen molar-refractivity contribution in [1.82, 2.24) is 0 Å². The maximum Gasteiger partial charge on any atom is 0.284 e. The second-order valence-corrected chi connectivity index (χ2v) is 4.81. The molecule has 20 heavy (non-hydrogen) atoms. The first-order valence-corrected chi connectivity index (χ1v) is 6.28. The van der Waals surface area contributed by atoms with Crippen molar-refractivity contribution in [2.45, 2.75) is 0 Å². The molecule has 0 aliphatic heterocycles. The van der Waals surface area contributed by atoms with Gasteiger partial charge >= 0.3 is 0 Å². The minimum absolute atomic E-state index is 0.00898. The van der Waals surface area contributed by atoms with E-state index in [2.05, 4.69) is 6.07 Å². The van der Waals surface area contributed by atoms with Crippen LogP contribution in [-0.4, -0.2) is 9.85 Å². The summed E-state index contributed by atoms with van der Waals surface area (Å²) in [5.74, 6) is -0.648. The Morgan fingerprint density at radius 2 is 1.85 bits per heavy atom. The molecule has 2 aromatic rings. The molecular weight excluding hydrogens is 382 g/mol. The van der Waals surface area contributed by atoms with E-state index in [1.54, 1.807) is 22.6 Å².